The molecule has 13 heavy (non-hydrogen) atoms. The lowest BCUT2D eigenvalue weighted by atomic mass is 10.2. The van der Waals surface area contributed by atoms with Gasteiger partial charge in [0.25, 0.3) is 5.56 Å². The molecule has 0 fully saturated rings. The summed E-state index contributed by atoms with van der Waals surface area (Å²) < 4.78 is 0. The summed E-state index contributed by atoms with van der Waals surface area (Å²) in [5.74, 6) is -1.31. The topological polar surface area (TPSA) is 103 Å². The molecule has 0 atom stereocenters. The molecule has 0 aliphatic heterocycles. The highest BCUT2D eigenvalue weighted by atomic mass is 16.4. The van der Waals surface area contributed by atoms with E-state index in [-0.39, 0.29) is 17.7 Å². The molecule has 1 heterocycles. The van der Waals surface area contributed by atoms with E-state index in [1.165, 1.54) is 0 Å². The molecule has 0 radical (unpaired) electrons. The summed E-state index contributed by atoms with van der Waals surface area (Å²) in [6.07, 6.45) is 0.258. The summed E-state index contributed by atoms with van der Waals surface area (Å²) in [6.45, 7) is 1.63. The molecular formula is C7H8N2O4. The van der Waals surface area contributed by atoms with Gasteiger partial charge in [0.15, 0.2) is 0 Å². The molecular weight excluding hydrogens is 176 g/mol. The van der Waals surface area contributed by atoms with Crippen LogP contribution >= 0.6 is 0 Å². The minimum Gasteiger partial charge on any atom is -0.477 e. The van der Waals surface area contributed by atoms with Gasteiger partial charge in [0.05, 0.1) is 0 Å². The monoisotopic (exact) mass is 184 g/mol. The van der Waals surface area contributed by atoms with Crippen molar-refractivity contribution < 1.29 is 9.90 Å². The van der Waals surface area contributed by atoms with Crippen molar-refractivity contribution in [3.8, 4) is 0 Å². The second-order valence-electron chi connectivity index (χ2n) is 2.42. The normalized spacial score (nSPS) is 9.92. The molecule has 6 heteroatoms. The second kappa shape index (κ2) is 3.26. The van der Waals surface area contributed by atoms with Gasteiger partial charge in [0.2, 0.25) is 0 Å². The molecule has 0 unspecified atom stereocenters. The molecule has 1 aromatic heterocycles. The van der Waals surface area contributed by atoms with Crippen LogP contribution in [0.25, 0.3) is 0 Å². The third kappa shape index (κ3) is 1.66. The number of aromatic amines is 2. The lowest BCUT2D eigenvalue weighted by Crippen LogP contribution is -2.29. The van der Waals surface area contributed by atoms with Crippen LogP contribution < -0.4 is 11.2 Å². The first-order valence-electron chi connectivity index (χ1n) is 3.65. The van der Waals surface area contributed by atoms with Gasteiger partial charge in [-0.2, -0.15) is 0 Å². The standard InChI is InChI=1S/C7H8N2O4/c1-2-3-4(6(11)12)8-7(13)9-5(3)10/h2H2,1H3,(H,11,12)(H2,8,9,10,13). The van der Waals surface area contributed by atoms with Crippen LogP contribution in [-0.4, -0.2) is 21.0 Å². The van der Waals surface area contributed by atoms with Crippen LogP contribution in [0.2, 0.25) is 0 Å². The molecule has 0 saturated carbocycles. The van der Waals surface area contributed by atoms with Crippen LogP contribution in [0.1, 0.15) is 23.0 Å². The second-order valence-corrected chi connectivity index (χ2v) is 2.42. The first-order chi connectivity index (χ1) is 6.06. The molecule has 70 valence electrons. The third-order valence-corrected chi connectivity index (χ3v) is 1.61. The maximum Gasteiger partial charge on any atom is 0.352 e. The number of hydrogen-bond acceptors (Lipinski definition) is 3. The van der Waals surface area contributed by atoms with E-state index < -0.39 is 17.2 Å². The highest BCUT2D eigenvalue weighted by molar-refractivity contribution is 5.86. The Morgan fingerprint density at radius 3 is 2.46 bits per heavy atom. The van der Waals surface area contributed by atoms with Crippen LogP contribution in [-0.2, 0) is 6.42 Å². The SMILES string of the molecule is CCc1c(C(=O)O)[nH]c(=O)[nH]c1=O. The predicted octanol–water partition coefficient (Wildman–Crippen LogP) is -0.676. The molecule has 0 bridgehead atoms. The van der Waals surface area contributed by atoms with Crippen LogP contribution in [0, 0.1) is 0 Å². The van der Waals surface area contributed by atoms with E-state index in [9.17, 15) is 14.4 Å². The molecule has 6 nitrogen and oxygen atoms in total. The van der Waals surface area contributed by atoms with Gasteiger partial charge in [-0.05, 0) is 6.42 Å². The quantitative estimate of drug-likeness (QED) is 0.566. The fourth-order valence-electron chi connectivity index (χ4n) is 1.03. The van der Waals surface area contributed by atoms with E-state index in [2.05, 4.69) is 4.98 Å². The van der Waals surface area contributed by atoms with Gasteiger partial charge < -0.3 is 10.1 Å². The van der Waals surface area contributed by atoms with Gasteiger partial charge in [-0.15, -0.1) is 0 Å². The van der Waals surface area contributed by atoms with Crippen molar-refractivity contribution in [2.75, 3.05) is 0 Å². The Hall–Kier alpha value is -1.85. The number of aromatic carboxylic acids is 1. The predicted molar refractivity (Wildman–Crippen MR) is 44.0 cm³/mol. The van der Waals surface area contributed by atoms with Gasteiger partial charge in [0.1, 0.15) is 5.69 Å². The lowest BCUT2D eigenvalue weighted by Gasteiger charge is -1.99. The van der Waals surface area contributed by atoms with Gasteiger partial charge in [-0.3, -0.25) is 9.78 Å². The van der Waals surface area contributed by atoms with Gasteiger partial charge in [-0.25, -0.2) is 9.59 Å². The minimum absolute atomic E-state index is 0.0760. The molecule has 3 N–H and O–H groups in total. The van der Waals surface area contributed by atoms with E-state index in [0.717, 1.165) is 0 Å². The highest BCUT2D eigenvalue weighted by Crippen LogP contribution is 1.97. The fraction of sp³-hybridized carbons (Fsp3) is 0.286. The van der Waals surface area contributed by atoms with E-state index in [1.807, 2.05) is 4.98 Å². The summed E-state index contributed by atoms with van der Waals surface area (Å²) in [7, 11) is 0. The van der Waals surface area contributed by atoms with Crippen molar-refractivity contribution in [2.24, 2.45) is 0 Å². The van der Waals surface area contributed by atoms with Crippen LogP contribution in [0.5, 0.6) is 0 Å². The van der Waals surface area contributed by atoms with Crippen molar-refractivity contribution in [3.63, 3.8) is 0 Å². The third-order valence-electron chi connectivity index (χ3n) is 1.61. The summed E-state index contributed by atoms with van der Waals surface area (Å²) in [5.41, 5.74) is -1.72. The zero-order chi connectivity index (χ0) is 10.0. The summed E-state index contributed by atoms with van der Waals surface area (Å²) in [6, 6.07) is 0. The number of carboxylic acid groups (broad SMARTS) is 1. The summed E-state index contributed by atoms with van der Waals surface area (Å²) in [4.78, 5) is 36.3. The number of carbonyl (C=O) groups is 1. The number of rotatable bonds is 2. The Balaban J connectivity index is 3.57. The molecule has 0 aliphatic carbocycles. The molecule has 0 amide bonds. The van der Waals surface area contributed by atoms with Crippen molar-refractivity contribution in [1.29, 1.82) is 0 Å². The Bertz CT molecular complexity index is 443. The van der Waals surface area contributed by atoms with Gasteiger partial charge >= 0.3 is 11.7 Å². The largest absolute Gasteiger partial charge is 0.477 e. The smallest absolute Gasteiger partial charge is 0.352 e. The van der Waals surface area contributed by atoms with Gasteiger partial charge in [0, 0.05) is 5.56 Å². The summed E-state index contributed by atoms with van der Waals surface area (Å²) in [5, 5.41) is 8.62. The zero-order valence-corrected chi connectivity index (χ0v) is 6.88. The van der Waals surface area contributed by atoms with Crippen LogP contribution in [0.4, 0.5) is 0 Å². The zero-order valence-electron chi connectivity index (χ0n) is 6.88. The minimum atomic E-state index is -1.31. The van der Waals surface area contributed by atoms with E-state index in [1.54, 1.807) is 6.92 Å². The maximum absolute atomic E-state index is 11.1. The number of hydrogen-bond donors (Lipinski definition) is 3. The Morgan fingerprint density at radius 2 is 2.00 bits per heavy atom. The first kappa shape index (κ1) is 9.24. The maximum atomic E-state index is 11.1. The van der Waals surface area contributed by atoms with E-state index in [0.29, 0.717) is 0 Å². The molecule has 1 aromatic rings. The van der Waals surface area contributed by atoms with Crippen LogP contribution in [0.3, 0.4) is 0 Å². The molecule has 0 saturated heterocycles. The van der Waals surface area contributed by atoms with Gasteiger partial charge in [-0.1, -0.05) is 6.92 Å². The van der Waals surface area contributed by atoms with Crippen molar-refractivity contribution in [2.45, 2.75) is 13.3 Å². The lowest BCUT2D eigenvalue weighted by molar-refractivity contribution is 0.0688. The van der Waals surface area contributed by atoms with Crippen molar-refractivity contribution in [3.05, 3.63) is 32.1 Å². The van der Waals surface area contributed by atoms with Crippen molar-refractivity contribution in [1.82, 2.24) is 9.97 Å². The Kier molecular flexibility index (Phi) is 2.32. The molecule has 0 aromatic carbocycles. The first-order valence-corrected chi connectivity index (χ1v) is 3.65. The number of H-pyrrole nitrogens is 2. The molecule has 0 aliphatic rings. The van der Waals surface area contributed by atoms with E-state index in [4.69, 9.17) is 5.11 Å². The average Bonchev–Trinajstić information content (AvgIpc) is 2.02. The number of carboxylic acids is 1. The number of nitrogens with one attached hydrogen (secondary N) is 2. The van der Waals surface area contributed by atoms with Crippen LogP contribution in [0.15, 0.2) is 9.59 Å². The fourth-order valence-corrected chi connectivity index (χ4v) is 1.03. The van der Waals surface area contributed by atoms with E-state index >= 15 is 0 Å². The average molecular weight is 184 g/mol. The molecule has 1 rings (SSSR count). The Labute approximate surface area is 72.2 Å². The summed E-state index contributed by atoms with van der Waals surface area (Å²) >= 11 is 0. The number of aromatic nitrogens is 2. The molecule has 0 spiro atoms. The Morgan fingerprint density at radius 1 is 1.38 bits per heavy atom. The highest BCUT2D eigenvalue weighted by Gasteiger charge is 2.13. The van der Waals surface area contributed by atoms with Crippen molar-refractivity contribution >= 4 is 5.97 Å².